The van der Waals surface area contributed by atoms with Crippen molar-refractivity contribution in [1.29, 1.82) is 0 Å². The second kappa shape index (κ2) is 9.81. The van der Waals surface area contributed by atoms with Crippen molar-refractivity contribution >= 4 is 5.96 Å². The lowest BCUT2D eigenvalue weighted by atomic mass is 10.1. The van der Waals surface area contributed by atoms with Gasteiger partial charge in [0.2, 0.25) is 0 Å². The summed E-state index contributed by atoms with van der Waals surface area (Å²) in [4.78, 5) is 4.44. The Balaban J connectivity index is 3.65. The Morgan fingerprint density at radius 1 is 1.20 bits per heavy atom. The minimum absolute atomic E-state index is 0.793. The molecule has 15 heavy (non-hydrogen) atoms. The van der Waals surface area contributed by atoms with E-state index in [-0.39, 0.29) is 0 Å². The van der Waals surface area contributed by atoms with Crippen LogP contribution in [0.5, 0.6) is 0 Å². The molecule has 0 spiro atoms. The summed E-state index contributed by atoms with van der Waals surface area (Å²) >= 11 is 0. The summed E-state index contributed by atoms with van der Waals surface area (Å²) in [5, 5.41) is 6.59. The molecule has 0 amide bonds. The van der Waals surface area contributed by atoms with Gasteiger partial charge in [-0.2, -0.15) is 0 Å². The maximum absolute atomic E-state index is 4.44. The highest BCUT2D eigenvalue weighted by atomic mass is 15.2. The normalized spacial score (nSPS) is 11.9. The number of hydrogen-bond donors (Lipinski definition) is 2. The summed E-state index contributed by atoms with van der Waals surface area (Å²) in [6, 6.07) is 0. The van der Waals surface area contributed by atoms with Gasteiger partial charge in [0.25, 0.3) is 0 Å². The van der Waals surface area contributed by atoms with E-state index in [2.05, 4.69) is 43.3 Å². The van der Waals surface area contributed by atoms with Crippen LogP contribution in [0.4, 0.5) is 0 Å². The van der Waals surface area contributed by atoms with Crippen LogP contribution in [0.15, 0.2) is 4.99 Å². The molecule has 90 valence electrons. The molecular weight excluding hydrogens is 186 g/mol. The monoisotopic (exact) mass is 213 g/mol. The lowest BCUT2D eigenvalue weighted by Gasteiger charge is -2.11. The number of nitrogens with one attached hydrogen (secondary N) is 2. The highest BCUT2D eigenvalue weighted by Gasteiger charge is 1.97. The first kappa shape index (κ1) is 14.3. The predicted molar refractivity (Wildman–Crippen MR) is 68.3 cm³/mol. The Morgan fingerprint density at radius 3 is 2.47 bits per heavy atom. The van der Waals surface area contributed by atoms with E-state index in [1.54, 1.807) is 0 Å². The number of nitrogens with zero attached hydrogens (tertiary/aromatic N) is 1. The van der Waals surface area contributed by atoms with Crippen molar-refractivity contribution in [2.24, 2.45) is 10.9 Å². The second-order valence-electron chi connectivity index (χ2n) is 4.22. The average Bonchev–Trinajstić information content (AvgIpc) is 2.20. The Labute approximate surface area is 94.7 Å². The lowest BCUT2D eigenvalue weighted by Crippen LogP contribution is -2.37. The van der Waals surface area contributed by atoms with Gasteiger partial charge in [0.05, 0.1) is 0 Å². The largest absolute Gasteiger partial charge is 0.357 e. The molecular formula is C12H27N3. The number of rotatable bonds is 7. The van der Waals surface area contributed by atoms with Crippen LogP contribution in [0.1, 0.15) is 47.0 Å². The van der Waals surface area contributed by atoms with Gasteiger partial charge in [-0.15, -0.1) is 0 Å². The molecule has 0 aliphatic heterocycles. The molecule has 3 nitrogen and oxygen atoms in total. The van der Waals surface area contributed by atoms with Crippen LogP contribution in [0.2, 0.25) is 0 Å². The van der Waals surface area contributed by atoms with Crippen LogP contribution in [-0.2, 0) is 0 Å². The third-order valence-corrected chi connectivity index (χ3v) is 2.09. The third kappa shape index (κ3) is 9.57. The van der Waals surface area contributed by atoms with Crippen LogP contribution < -0.4 is 10.6 Å². The van der Waals surface area contributed by atoms with E-state index >= 15 is 0 Å². The van der Waals surface area contributed by atoms with Crippen molar-refractivity contribution in [2.75, 3.05) is 19.6 Å². The molecule has 3 heteroatoms. The van der Waals surface area contributed by atoms with Gasteiger partial charge >= 0.3 is 0 Å². The fourth-order valence-electron chi connectivity index (χ4n) is 1.28. The van der Waals surface area contributed by atoms with E-state index in [0.29, 0.717) is 0 Å². The molecule has 2 N–H and O–H groups in total. The molecule has 0 heterocycles. The minimum Gasteiger partial charge on any atom is -0.357 e. The molecule has 0 saturated heterocycles. The molecule has 0 bridgehead atoms. The quantitative estimate of drug-likeness (QED) is 0.387. The van der Waals surface area contributed by atoms with E-state index in [9.17, 15) is 0 Å². The zero-order valence-electron chi connectivity index (χ0n) is 10.8. The summed E-state index contributed by atoms with van der Waals surface area (Å²) in [5.41, 5.74) is 0. The van der Waals surface area contributed by atoms with Crippen LogP contribution in [0.25, 0.3) is 0 Å². The van der Waals surface area contributed by atoms with Crippen molar-refractivity contribution in [1.82, 2.24) is 10.6 Å². The van der Waals surface area contributed by atoms with Gasteiger partial charge < -0.3 is 10.6 Å². The van der Waals surface area contributed by atoms with Gasteiger partial charge in [-0.3, -0.25) is 4.99 Å². The fourth-order valence-corrected chi connectivity index (χ4v) is 1.28. The molecule has 0 aromatic heterocycles. The molecule has 0 rings (SSSR count). The molecule has 0 saturated carbocycles. The van der Waals surface area contributed by atoms with E-state index in [4.69, 9.17) is 0 Å². The summed E-state index contributed by atoms with van der Waals surface area (Å²) in [6.07, 6.45) is 3.59. The maximum Gasteiger partial charge on any atom is 0.191 e. The zero-order valence-corrected chi connectivity index (χ0v) is 10.8. The molecule has 0 radical (unpaired) electrons. The van der Waals surface area contributed by atoms with Crippen LogP contribution in [0.3, 0.4) is 0 Å². The van der Waals surface area contributed by atoms with Crippen molar-refractivity contribution in [2.45, 2.75) is 47.0 Å². The van der Waals surface area contributed by atoms with Gasteiger partial charge in [0, 0.05) is 19.6 Å². The summed E-state index contributed by atoms with van der Waals surface area (Å²) < 4.78 is 0. The van der Waals surface area contributed by atoms with E-state index in [1.165, 1.54) is 12.8 Å². The summed E-state index contributed by atoms with van der Waals surface area (Å²) in [6.45, 7) is 11.6. The smallest absolute Gasteiger partial charge is 0.191 e. The van der Waals surface area contributed by atoms with E-state index < -0.39 is 0 Å². The average molecular weight is 213 g/mol. The van der Waals surface area contributed by atoms with Crippen molar-refractivity contribution in [3.63, 3.8) is 0 Å². The van der Waals surface area contributed by atoms with Crippen molar-refractivity contribution < 1.29 is 0 Å². The number of hydrogen-bond acceptors (Lipinski definition) is 1. The standard InChI is InChI=1S/C12H27N3/c1-5-9-14-12(13-6-2)15-10-7-8-11(3)4/h11H,5-10H2,1-4H3,(H2,13,14,15). The molecule has 0 aromatic rings. The summed E-state index contributed by atoms with van der Waals surface area (Å²) in [7, 11) is 0. The van der Waals surface area contributed by atoms with E-state index in [0.717, 1.165) is 37.9 Å². The second-order valence-corrected chi connectivity index (χ2v) is 4.22. The first-order valence-electron chi connectivity index (χ1n) is 6.22. The van der Waals surface area contributed by atoms with Crippen molar-refractivity contribution in [3.8, 4) is 0 Å². The first-order valence-corrected chi connectivity index (χ1v) is 6.22. The zero-order chi connectivity index (χ0) is 11.5. The Kier molecular flexibility index (Phi) is 9.33. The molecule has 0 aliphatic carbocycles. The van der Waals surface area contributed by atoms with Gasteiger partial charge in [-0.05, 0) is 32.1 Å². The maximum atomic E-state index is 4.44. The summed E-state index contributed by atoms with van der Waals surface area (Å²) in [5.74, 6) is 1.75. The van der Waals surface area contributed by atoms with Crippen LogP contribution in [0, 0.1) is 5.92 Å². The third-order valence-electron chi connectivity index (χ3n) is 2.09. The predicted octanol–water partition coefficient (Wildman–Crippen LogP) is 2.39. The Morgan fingerprint density at radius 2 is 1.93 bits per heavy atom. The number of guanidine groups is 1. The van der Waals surface area contributed by atoms with Gasteiger partial charge in [-0.25, -0.2) is 0 Å². The lowest BCUT2D eigenvalue weighted by molar-refractivity contribution is 0.549. The molecule has 0 aromatic carbocycles. The molecule has 0 atom stereocenters. The number of aliphatic imine (C=N–C) groups is 1. The van der Waals surface area contributed by atoms with Gasteiger partial charge in [0.15, 0.2) is 5.96 Å². The Hall–Kier alpha value is -0.730. The SMILES string of the molecule is CCCN=C(NCC)NCCCC(C)C. The molecule has 0 aliphatic rings. The first-order chi connectivity index (χ1) is 7.20. The van der Waals surface area contributed by atoms with Crippen LogP contribution >= 0.6 is 0 Å². The minimum atomic E-state index is 0.793. The molecule has 0 fully saturated rings. The van der Waals surface area contributed by atoms with E-state index in [1.807, 2.05) is 0 Å². The molecule has 0 unspecified atom stereocenters. The Bertz CT molecular complexity index is 164. The van der Waals surface area contributed by atoms with Crippen LogP contribution in [-0.4, -0.2) is 25.6 Å². The van der Waals surface area contributed by atoms with Crippen molar-refractivity contribution in [3.05, 3.63) is 0 Å². The highest BCUT2D eigenvalue weighted by Crippen LogP contribution is 2.01. The van der Waals surface area contributed by atoms with Gasteiger partial charge in [0.1, 0.15) is 0 Å². The highest BCUT2D eigenvalue weighted by molar-refractivity contribution is 5.79. The van der Waals surface area contributed by atoms with Gasteiger partial charge in [-0.1, -0.05) is 20.8 Å². The topological polar surface area (TPSA) is 36.4 Å². The fraction of sp³-hybridized carbons (Fsp3) is 0.917.